The van der Waals surface area contributed by atoms with Gasteiger partial charge in [0.05, 0.1) is 10.5 Å². The first-order valence-electron chi connectivity index (χ1n) is 13.3. The Morgan fingerprint density at radius 3 is 2.14 bits per heavy atom. The van der Waals surface area contributed by atoms with Gasteiger partial charge in [-0.15, -0.1) is 0 Å². The van der Waals surface area contributed by atoms with Gasteiger partial charge < -0.3 is 21.1 Å². The fourth-order valence-corrected chi connectivity index (χ4v) is 6.67. The fraction of sp³-hybridized carbons (Fsp3) is 0.276. The lowest BCUT2D eigenvalue weighted by Gasteiger charge is -2.34. The van der Waals surface area contributed by atoms with Gasteiger partial charge in [0.15, 0.2) is 0 Å². The van der Waals surface area contributed by atoms with Crippen LogP contribution in [0.4, 0.5) is 33.7 Å². The summed E-state index contributed by atoms with van der Waals surface area (Å²) in [4.78, 5) is 37.0. The highest BCUT2D eigenvalue weighted by Gasteiger charge is 2.50. The van der Waals surface area contributed by atoms with Gasteiger partial charge in [-0.2, -0.15) is 17.5 Å². The number of carbonyl (C=O) groups excluding carboxylic acids is 2. The number of hydrogen-bond donors (Lipinski definition) is 4. The maximum absolute atomic E-state index is 13.4. The largest absolute Gasteiger partial charge is 0.480 e. The molecular formula is C29H28F4N4O6S. The third-order valence-corrected chi connectivity index (χ3v) is 9.19. The molecule has 3 amide bonds. The second-order valence-corrected chi connectivity index (χ2v) is 12.2. The van der Waals surface area contributed by atoms with E-state index in [1.54, 1.807) is 0 Å². The third-order valence-electron chi connectivity index (χ3n) is 7.17. The molecule has 3 aromatic rings. The van der Waals surface area contributed by atoms with E-state index in [-0.39, 0.29) is 25.8 Å². The molecule has 0 aromatic heterocycles. The molecule has 0 aliphatic carbocycles. The first-order valence-corrected chi connectivity index (χ1v) is 14.7. The first kappa shape index (κ1) is 32.4. The minimum Gasteiger partial charge on any atom is -0.480 e. The van der Waals surface area contributed by atoms with Crippen molar-refractivity contribution >= 4 is 39.3 Å². The summed E-state index contributed by atoms with van der Waals surface area (Å²) < 4.78 is 80.3. The molecule has 1 heterocycles. The normalized spacial score (nSPS) is 17.9. The van der Waals surface area contributed by atoms with E-state index in [4.69, 9.17) is 0 Å². The van der Waals surface area contributed by atoms with Crippen molar-refractivity contribution < 1.29 is 45.5 Å². The van der Waals surface area contributed by atoms with Crippen molar-refractivity contribution in [1.29, 1.82) is 0 Å². The highest BCUT2D eigenvalue weighted by atomic mass is 32.2. The maximum atomic E-state index is 13.4. The van der Waals surface area contributed by atoms with Gasteiger partial charge >= 0.3 is 18.2 Å². The van der Waals surface area contributed by atoms with Gasteiger partial charge in [-0.25, -0.2) is 22.4 Å². The van der Waals surface area contributed by atoms with E-state index >= 15 is 0 Å². The molecule has 4 rings (SSSR count). The van der Waals surface area contributed by atoms with E-state index in [0.717, 1.165) is 22.5 Å². The van der Waals surface area contributed by atoms with Crippen LogP contribution in [-0.2, 0) is 32.2 Å². The lowest BCUT2D eigenvalue weighted by atomic mass is 9.97. The Hall–Kier alpha value is -4.50. The highest BCUT2D eigenvalue weighted by Crippen LogP contribution is 2.37. The van der Waals surface area contributed by atoms with Crippen molar-refractivity contribution in [2.45, 2.75) is 48.8 Å². The number of nitrogens with one attached hydrogen (secondary N) is 3. The summed E-state index contributed by atoms with van der Waals surface area (Å²) in [5.74, 6) is -2.76. The summed E-state index contributed by atoms with van der Waals surface area (Å²) in [7, 11) is -4.56. The molecule has 234 valence electrons. The van der Waals surface area contributed by atoms with Crippen molar-refractivity contribution in [3.63, 3.8) is 0 Å². The number of benzene rings is 3. The van der Waals surface area contributed by atoms with Crippen LogP contribution in [0.1, 0.15) is 30.9 Å². The standard InChI is InChI=1S/C29H28F4N4O6S/c1-28(14-3-15-37(28)44(42,43)23-5-2-4-19(17-23)29(31,32)33)26(40)36-24(25(38)39)16-18-6-10-21(11-7-18)34-27(41)35-22-12-8-20(30)9-13-22/h2,4-13,17,24H,3,14-16H2,1H3,(H,36,40)(H,38,39)(H2,34,35,41)/t24?,28-/m0/s1. The predicted molar refractivity (Wildman–Crippen MR) is 152 cm³/mol. The van der Waals surface area contributed by atoms with E-state index in [2.05, 4.69) is 16.0 Å². The first-order chi connectivity index (χ1) is 20.6. The topological polar surface area (TPSA) is 145 Å². The van der Waals surface area contributed by atoms with Crippen LogP contribution in [0.15, 0.2) is 77.7 Å². The minimum absolute atomic E-state index is 0.0176. The number of sulfonamides is 1. The second kappa shape index (κ2) is 12.6. The number of anilines is 2. The lowest BCUT2D eigenvalue weighted by molar-refractivity contribution is -0.143. The molecule has 10 nitrogen and oxygen atoms in total. The van der Waals surface area contributed by atoms with E-state index < -0.39 is 62.0 Å². The number of hydrogen-bond acceptors (Lipinski definition) is 5. The van der Waals surface area contributed by atoms with Crippen LogP contribution in [0.25, 0.3) is 0 Å². The van der Waals surface area contributed by atoms with Crippen molar-refractivity contribution in [3.8, 4) is 0 Å². The number of nitrogens with zero attached hydrogens (tertiary/aromatic N) is 1. The van der Waals surface area contributed by atoms with Crippen LogP contribution in [0, 0.1) is 5.82 Å². The summed E-state index contributed by atoms with van der Waals surface area (Å²) >= 11 is 0. The zero-order valence-corrected chi connectivity index (χ0v) is 24.0. The van der Waals surface area contributed by atoms with Gasteiger partial charge in [-0.1, -0.05) is 18.2 Å². The van der Waals surface area contributed by atoms with Gasteiger partial charge in [-0.3, -0.25) is 4.79 Å². The van der Waals surface area contributed by atoms with Crippen LogP contribution in [0.3, 0.4) is 0 Å². The quantitative estimate of drug-likeness (QED) is 0.248. The smallest absolute Gasteiger partial charge is 0.416 e. The summed E-state index contributed by atoms with van der Waals surface area (Å²) in [6.07, 6.45) is -4.73. The molecule has 3 aromatic carbocycles. The lowest BCUT2D eigenvalue weighted by Crippen LogP contribution is -2.58. The molecule has 44 heavy (non-hydrogen) atoms. The van der Waals surface area contributed by atoms with Gasteiger partial charge in [0.2, 0.25) is 15.9 Å². The Bertz CT molecular complexity index is 1650. The van der Waals surface area contributed by atoms with E-state index in [9.17, 15) is 45.5 Å². The molecule has 1 fully saturated rings. The average molecular weight is 637 g/mol. The Balaban J connectivity index is 1.44. The summed E-state index contributed by atoms with van der Waals surface area (Å²) in [6, 6.07) is 12.3. The molecule has 1 aliphatic heterocycles. The van der Waals surface area contributed by atoms with Crippen molar-refractivity contribution in [1.82, 2.24) is 9.62 Å². The van der Waals surface area contributed by atoms with Crippen LogP contribution in [0.2, 0.25) is 0 Å². The molecule has 0 radical (unpaired) electrons. The molecule has 1 unspecified atom stereocenters. The summed E-state index contributed by atoms with van der Waals surface area (Å²) in [6.45, 7) is 1.15. The number of carboxylic acids is 1. The molecule has 0 bridgehead atoms. The number of urea groups is 1. The Morgan fingerprint density at radius 2 is 1.57 bits per heavy atom. The van der Waals surface area contributed by atoms with Gasteiger partial charge in [0.1, 0.15) is 17.4 Å². The molecular weight excluding hydrogens is 608 g/mol. The fourth-order valence-electron chi connectivity index (χ4n) is 4.81. The van der Waals surface area contributed by atoms with Gasteiger partial charge in [-0.05, 0) is 79.9 Å². The molecule has 2 atom stereocenters. The van der Waals surface area contributed by atoms with Crippen LogP contribution in [0.5, 0.6) is 0 Å². The van der Waals surface area contributed by atoms with Crippen molar-refractivity contribution in [2.24, 2.45) is 0 Å². The Morgan fingerprint density at radius 1 is 0.977 bits per heavy atom. The molecule has 15 heteroatoms. The minimum atomic E-state index is -4.78. The van der Waals surface area contributed by atoms with E-state index in [1.165, 1.54) is 55.5 Å². The molecule has 1 aliphatic rings. The Labute approximate surface area is 250 Å². The number of alkyl halides is 3. The average Bonchev–Trinajstić information content (AvgIpc) is 3.38. The number of aliphatic carboxylic acids is 1. The van der Waals surface area contributed by atoms with Crippen LogP contribution < -0.4 is 16.0 Å². The summed E-state index contributed by atoms with van der Waals surface area (Å²) in [5.41, 5.74) is -1.74. The molecule has 0 saturated carbocycles. The third kappa shape index (κ3) is 7.34. The molecule has 1 saturated heterocycles. The zero-order chi connectivity index (χ0) is 32.3. The van der Waals surface area contributed by atoms with Gasteiger partial charge in [0, 0.05) is 24.3 Å². The Kier molecular flexibility index (Phi) is 9.30. The highest BCUT2D eigenvalue weighted by molar-refractivity contribution is 7.89. The van der Waals surface area contributed by atoms with Crippen molar-refractivity contribution in [3.05, 3.63) is 89.7 Å². The number of rotatable bonds is 9. The van der Waals surface area contributed by atoms with Crippen molar-refractivity contribution in [2.75, 3.05) is 17.2 Å². The second-order valence-electron chi connectivity index (χ2n) is 10.3. The molecule has 4 N–H and O–H groups in total. The van der Waals surface area contributed by atoms with Gasteiger partial charge in [0.25, 0.3) is 0 Å². The SMILES string of the molecule is C[C@@]1(C(=O)NC(Cc2ccc(NC(=O)Nc3ccc(F)cc3)cc2)C(=O)O)CCCN1S(=O)(=O)c1cccc(C(F)(F)F)c1. The van der Waals surface area contributed by atoms with Crippen LogP contribution in [-0.4, -0.2) is 53.9 Å². The summed E-state index contributed by atoms with van der Waals surface area (Å²) in [5, 5.41) is 17.3. The van der Waals surface area contributed by atoms with E-state index in [1.807, 2.05) is 0 Å². The predicted octanol–water partition coefficient (Wildman–Crippen LogP) is 4.84. The maximum Gasteiger partial charge on any atom is 0.416 e. The number of halogens is 4. The monoisotopic (exact) mass is 636 g/mol. The number of carbonyl (C=O) groups is 3. The van der Waals surface area contributed by atoms with E-state index in [0.29, 0.717) is 23.0 Å². The zero-order valence-electron chi connectivity index (χ0n) is 23.2. The van der Waals surface area contributed by atoms with Crippen LogP contribution >= 0.6 is 0 Å². The number of amides is 3. The molecule has 0 spiro atoms. The number of carboxylic acid groups (broad SMARTS) is 1.